The molecule has 468 valence electrons. The smallest absolute Gasteiger partial charge is 0.145 e. The summed E-state index contributed by atoms with van der Waals surface area (Å²) in [5.74, 6) is 0. The lowest BCUT2D eigenvalue weighted by atomic mass is 9.93. The fourth-order valence-corrected chi connectivity index (χ4v) is 15.9. The van der Waals surface area contributed by atoms with Crippen molar-refractivity contribution >= 4 is 131 Å². The summed E-state index contributed by atoms with van der Waals surface area (Å²) < 4.78 is 21.1. The van der Waals surface area contributed by atoms with E-state index >= 15 is 0 Å². The van der Waals surface area contributed by atoms with Gasteiger partial charge in [-0.1, -0.05) is 164 Å². The topological polar surface area (TPSA) is 189 Å². The molecule has 14 aromatic carbocycles. The summed E-state index contributed by atoms with van der Waals surface area (Å²) in [6, 6.07) is 106. The third kappa shape index (κ3) is 8.43. The van der Waals surface area contributed by atoms with Gasteiger partial charge in [-0.15, -0.1) is 0 Å². The van der Waals surface area contributed by atoms with Gasteiger partial charge in [-0.25, -0.2) is 0 Å². The fraction of sp³-hybridized carbons (Fsp3) is 0. The molecule has 0 unspecified atom stereocenters. The van der Waals surface area contributed by atoms with E-state index < -0.39 is 0 Å². The molecule has 0 fully saturated rings. The van der Waals surface area contributed by atoms with E-state index in [4.69, 9.17) is 8.83 Å². The van der Waals surface area contributed by atoms with E-state index in [9.17, 15) is 31.6 Å². The molecule has 0 aliphatic carbocycles. The van der Waals surface area contributed by atoms with Gasteiger partial charge < -0.3 is 27.1 Å². The molecule has 0 radical (unpaired) electrons. The standard InChI is InChI=1S/2C45H23N5O/c46-24-28-21-27(43-29(25-47)22-31(23-30(43)26-48)49-38-13-5-1-9-32(38)33-10-2-6-14-39(33)49)17-19-37(28)50-40-15-7-3-12-36(40)44-41(50)20-18-35-34-11-4-8-16-42(34)51-45(35)44;46-24-28-23-27(17-19-36(28)49-37-13-5-1-9-30(37)31-10-2-6-14-38(31)49)29-18-20-40(35(26-48)34(29)25-47)50-39-15-7-3-11-32(39)44-41(50)21-22-43-45(44)33-12-4-8-16-42(33)51-43/h2*1-23H. The summed E-state index contributed by atoms with van der Waals surface area (Å²) in [6.07, 6.45) is 0. The summed E-state index contributed by atoms with van der Waals surface area (Å²) in [7, 11) is 0. The molecule has 20 aromatic rings. The van der Waals surface area contributed by atoms with Gasteiger partial charge in [-0.05, 0) is 126 Å². The second kappa shape index (κ2) is 22.7. The molecule has 6 aromatic heterocycles. The first-order valence-electron chi connectivity index (χ1n) is 33.1. The number of benzene rings is 14. The minimum atomic E-state index is 0.254. The molecule has 0 bridgehead atoms. The van der Waals surface area contributed by atoms with E-state index in [1.54, 1.807) is 6.07 Å². The molecule has 0 saturated heterocycles. The molecule has 0 aliphatic rings. The quantitative estimate of drug-likeness (QED) is 0.157. The van der Waals surface area contributed by atoms with Gasteiger partial charge >= 0.3 is 0 Å². The number of aromatic nitrogens is 4. The number of fused-ring (bicyclic) bond motifs is 20. The first-order chi connectivity index (χ1) is 50.4. The predicted octanol–water partition coefficient (Wildman–Crippen LogP) is 22.1. The van der Waals surface area contributed by atoms with Gasteiger partial charge in [0.1, 0.15) is 46.6 Å². The Morgan fingerprint density at radius 2 is 0.657 bits per heavy atom. The molecule has 0 spiro atoms. The molecule has 0 aliphatic heterocycles. The van der Waals surface area contributed by atoms with Crippen molar-refractivity contribution in [3.8, 4) is 81.4 Å². The highest BCUT2D eigenvalue weighted by atomic mass is 16.3. The van der Waals surface area contributed by atoms with Crippen molar-refractivity contribution in [1.82, 2.24) is 18.3 Å². The first-order valence-corrected chi connectivity index (χ1v) is 33.1. The van der Waals surface area contributed by atoms with E-state index in [2.05, 4.69) is 127 Å². The third-order valence-corrected chi connectivity index (χ3v) is 20.1. The zero-order chi connectivity index (χ0) is 68.4. The lowest BCUT2D eigenvalue weighted by Crippen LogP contribution is -2.02. The molecule has 6 heterocycles. The van der Waals surface area contributed by atoms with Crippen molar-refractivity contribution in [3.63, 3.8) is 0 Å². The summed E-state index contributed by atoms with van der Waals surface area (Å²) in [5.41, 5.74) is 18.2. The highest BCUT2D eigenvalue weighted by molar-refractivity contribution is 6.28. The van der Waals surface area contributed by atoms with Crippen LogP contribution in [-0.4, -0.2) is 18.3 Å². The molecule has 0 amide bonds. The van der Waals surface area contributed by atoms with Crippen molar-refractivity contribution in [1.29, 1.82) is 31.6 Å². The number of hydrogen-bond acceptors (Lipinski definition) is 8. The number of para-hydroxylation sites is 8. The Kier molecular flexibility index (Phi) is 13.0. The number of furan rings is 2. The van der Waals surface area contributed by atoms with Gasteiger partial charge in [0.2, 0.25) is 0 Å². The SMILES string of the molecule is N#Cc1cc(-c2c(C#N)cc(-n3c4ccccc4c4ccccc43)cc2C#N)ccc1-n1c2ccccc2c2c3oc4ccccc4c3ccc21.N#Cc1cc(-c2ccc(-n3c4ccccc4c4c5c(ccc43)oc3ccccc35)c(C#N)c2C#N)ccc1-n1c2ccccc2c2ccccc21. The first kappa shape index (κ1) is 58.2. The Hall–Kier alpha value is -15.2. The maximum absolute atomic E-state index is 10.7. The number of rotatable bonds is 6. The Balaban J connectivity index is 0.000000141. The van der Waals surface area contributed by atoms with Crippen molar-refractivity contribution in [2.24, 2.45) is 0 Å². The Labute approximate surface area is 580 Å². The van der Waals surface area contributed by atoms with Crippen molar-refractivity contribution < 1.29 is 8.83 Å². The maximum Gasteiger partial charge on any atom is 0.145 e. The minimum absolute atomic E-state index is 0.254. The zero-order valence-corrected chi connectivity index (χ0v) is 53.8. The van der Waals surface area contributed by atoms with Gasteiger partial charge in [0.05, 0.1) is 112 Å². The maximum atomic E-state index is 10.7. The third-order valence-electron chi connectivity index (χ3n) is 20.1. The number of hydrogen-bond donors (Lipinski definition) is 0. The van der Waals surface area contributed by atoms with Crippen LogP contribution in [0.1, 0.15) is 33.4 Å². The van der Waals surface area contributed by atoms with Crippen LogP contribution < -0.4 is 0 Å². The minimum Gasteiger partial charge on any atom is -0.456 e. The van der Waals surface area contributed by atoms with E-state index in [-0.39, 0.29) is 11.1 Å². The van der Waals surface area contributed by atoms with Crippen molar-refractivity contribution in [3.05, 3.63) is 312 Å². The summed E-state index contributed by atoms with van der Waals surface area (Å²) in [4.78, 5) is 0. The van der Waals surface area contributed by atoms with Crippen LogP contribution in [0.25, 0.3) is 176 Å². The van der Waals surface area contributed by atoms with Crippen LogP contribution in [0.2, 0.25) is 0 Å². The molecular formula is C90H46N10O2. The lowest BCUT2D eigenvalue weighted by molar-refractivity contribution is 0.669. The average molecular weight is 1300 g/mol. The zero-order valence-electron chi connectivity index (χ0n) is 53.8. The van der Waals surface area contributed by atoms with Crippen LogP contribution in [-0.2, 0) is 0 Å². The van der Waals surface area contributed by atoms with Gasteiger partial charge in [0.25, 0.3) is 0 Å². The summed E-state index contributed by atoms with van der Waals surface area (Å²) in [5, 5.41) is 76.0. The molecule has 12 nitrogen and oxygen atoms in total. The average Bonchev–Trinajstić information content (AvgIpc) is 1.56. The molecule has 102 heavy (non-hydrogen) atoms. The normalized spacial score (nSPS) is 11.5. The molecular weight excluding hydrogens is 1250 g/mol. The largest absolute Gasteiger partial charge is 0.456 e. The van der Waals surface area contributed by atoms with Gasteiger partial charge in [0.15, 0.2) is 0 Å². The van der Waals surface area contributed by atoms with Crippen LogP contribution in [0, 0.1) is 68.0 Å². The van der Waals surface area contributed by atoms with Gasteiger partial charge in [0, 0.05) is 76.1 Å². The van der Waals surface area contributed by atoms with Crippen molar-refractivity contribution in [2.45, 2.75) is 0 Å². The molecule has 0 atom stereocenters. The second-order valence-electron chi connectivity index (χ2n) is 25.2. The van der Waals surface area contributed by atoms with Crippen LogP contribution >= 0.6 is 0 Å². The lowest BCUT2D eigenvalue weighted by Gasteiger charge is -2.15. The number of nitrogens with zero attached hydrogens (tertiary/aromatic N) is 10. The van der Waals surface area contributed by atoms with Crippen LogP contribution in [0.4, 0.5) is 0 Å². The van der Waals surface area contributed by atoms with Crippen LogP contribution in [0.15, 0.2) is 288 Å². The van der Waals surface area contributed by atoms with E-state index in [0.717, 1.165) is 142 Å². The predicted molar refractivity (Wildman–Crippen MR) is 404 cm³/mol. The highest BCUT2D eigenvalue weighted by Gasteiger charge is 2.26. The molecule has 20 rings (SSSR count). The van der Waals surface area contributed by atoms with E-state index in [1.807, 2.05) is 200 Å². The van der Waals surface area contributed by atoms with Crippen LogP contribution in [0.3, 0.4) is 0 Å². The Bertz CT molecular complexity index is 7220. The van der Waals surface area contributed by atoms with Gasteiger partial charge in [-0.3, -0.25) is 0 Å². The van der Waals surface area contributed by atoms with E-state index in [1.165, 1.54) is 0 Å². The number of nitriles is 6. The molecule has 0 N–H and O–H groups in total. The second-order valence-corrected chi connectivity index (χ2v) is 25.2. The molecule has 0 saturated carbocycles. The Morgan fingerprint density at radius 3 is 1.21 bits per heavy atom. The van der Waals surface area contributed by atoms with Crippen molar-refractivity contribution in [2.75, 3.05) is 0 Å². The Morgan fingerprint density at radius 1 is 0.245 bits per heavy atom. The highest BCUT2D eigenvalue weighted by Crippen LogP contribution is 2.46. The summed E-state index contributed by atoms with van der Waals surface area (Å²) >= 11 is 0. The fourth-order valence-electron chi connectivity index (χ4n) is 15.9. The summed E-state index contributed by atoms with van der Waals surface area (Å²) in [6.45, 7) is 0. The monoisotopic (exact) mass is 1300 g/mol. The molecule has 12 heteroatoms. The van der Waals surface area contributed by atoms with E-state index in [0.29, 0.717) is 55.9 Å². The van der Waals surface area contributed by atoms with Crippen LogP contribution in [0.5, 0.6) is 0 Å². The van der Waals surface area contributed by atoms with Gasteiger partial charge in [-0.2, -0.15) is 31.6 Å².